The van der Waals surface area contributed by atoms with E-state index in [1.54, 1.807) is 25.3 Å². The van der Waals surface area contributed by atoms with Crippen LogP contribution in [-0.2, 0) is 10.0 Å². The fourth-order valence-electron chi connectivity index (χ4n) is 4.71. The molecule has 1 spiro atoms. The summed E-state index contributed by atoms with van der Waals surface area (Å²) in [6, 6.07) is 12.7. The van der Waals surface area contributed by atoms with E-state index < -0.39 is 16.1 Å². The number of nitrogens with one attached hydrogen (secondary N) is 2. The Bertz CT molecular complexity index is 1070. The SMILES string of the molecule is COc1cccc(-c2ccc3c(c2)OCC2(CCNCC2)CN(C)CC(O)CNS3(=O)=O)c1. The lowest BCUT2D eigenvalue weighted by molar-refractivity contribution is 0.0447. The van der Waals surface area contributed by atoms with E-state index in [1.807, 2.05) is 31.3 Å². The van der Waals surface area contributed by atoms with E-state index in [1.165, 1.54) is 0 Å². The van der Waals surface area contributed by atoms with E-state index in [0.29, 0.717) is 18.9 Å². The van der Waals surface area contributed by atoms with Crippen LogP contribution in [0.5, 0.6) is 11.5 Å². The zero-order chi connectivity index (χ0) is 23.5. The van der Waals surface area contributed by atoms with Crippen LogP contribution >= 0.6 is 0 Å². The van der Waals surface area contributed by atoms with Gasteiger partial charge in [0.2, 0.25) is 10.0 Å². The molecule has 2 aliphatic heterocycles. The van der Waals surface area contributed by atoms with Crippen LogP contribution in [0.25, 0.3) is 11.1 Å². The highest BCUT2D eigenvalue weighted by Crippen LogP contribution is 2.35. The summed E-state index contributed by atoms with van der Waals surface area (Å²) in [5, 5.41) is 13.8. The molecule has 8 nitrogen and oxygen atoms in total. The predicted octanol–water partition coefficient (Wildman–Crippen LogP) is 1.70. The third kappa shape index (κ3) is 5.67. The largest absolute Gasteiger partial charge is 0.497 e. The highest BCUT2D eigenvalue weighted by Gasteiger charge is 2.36. The number of hydrogen-bond acceptors (Lipinski definition) is 7. The molecule has 0 saturated carbocycles. The number of rotatable bonds is 2. The highest BCUT2D eigenvalue weighted by atomic mass is 32.2. The summed E-state index contributed by atoms with van der Waals surface area (Å²) in [5.74, 6) is 1.04. The van der Waals surface area contributed by atoms with Gasteiger partial charge >= 0.3 is 0 Å². The molecule has 33 heavy (non-hydrogen) atoms. The number of aliphatic hydroxyl groups is 1. The Morgan fingerprint density at radius 3 is 2.67 bits per heavy atom. The lowest BCUT2D eigenvalue weighted by Gasteiger charge is -2.41. The van der Waals surface area contributed by atoms with Gasteiger partial charge in [-0.1, -0.05) is 18.2 Å². The van der Waals surface area contributed by atoms with Gasteiger partial charge in [0, 0.05) is 25.0 Å². The van der Waals surface area contributed by atoms with E-state index in [4.69, 9.17) is 9.47 Å². The van der Waals surface area contributed by atoms with Crippen LogP contribution in [0.3, 0.4) is 0 Å². The second kappa shape index (κ2) is 9.99. The van der Waals surface area contributed by atoms with Crippen LogP contribution in [0.4, 0.5) is 0 Å². The van der Waals surface area contributed by atoms with E-state index in [9.17, 15) is 13.5 Å². The van der Waals surface area contributed by atoms with Crippen molar-refractivity contribution in [3.63, 3.8) is 0 Å². The van der Waals surface area contributed by atoms with Gasteiger partial charge in [-0.25, -0.2) is 13.1 Å². The fourth-order valence-corrected chi connectivity index (χ4v) is 5.90. The maximum Gasteiger partial charge on any atom is 0.244 e. The third-order valence-corrected chi connectivity index (χ3v) is 7.93. The van der Waals surface area contributed by atoms with Crippen LogP contribution in [0.15, 0.2) is 47.4 Å². The first-order valence-corrected chi connectivity index (χ1v) is 12.8. The number of sulfonamides is 1. The number of fused-ring (bicyclic) bond motifs is 1. The average molecular weight is 476 g/mol. The zero-order valence-corrected chi connectivity index (χ0v) is 20.0. The van der Waals surface area contributed by atoms with E-state index in [0.717, 1.165) is 49.4 Å². The Labute approximate surface area is 195 Å². The summed E-state index contributed by atoms with van der Waals surface area (Å²) >= 11 is 0. The predicted molar refractivity (Wildman–Crippen MR) is 127 cm³/mol. The van der Waals surface area contributed by atoms with Gasteiger partial charge < -0.3 is 24.8 Å². The van der Waals surface area contributed by atoms with Gasteiger partial charge in [-0.2, -0.15) is 0 Å². The monoisotopic (exact) mass is 475 g/mol. The molecule has 2 aliphatic rings. The van der Waals surface area contributed by atoms with Crippen molar-refractivity contribution in [1.82, 2.24) is 14.9 Å². The first-order chi connectivity index (χ1) is 15.8. The Morgan fingerprint density at radius 1 is 1.15 bits per heavy atom. The minimum atomic E-state index is -3.86. The topological polar surface area (TPSA) is 100 Å². The standard InChI is InChI=1S/C24H33N3O5S/c1-27-15-20(28)14-26-33(29,30)23-7-6-19(18-4-3-5-21(12-18)31-2)13-22(23)32-17-24(16-27)8-10-25-11-9-24/h3-7,12-13,20,25-26,28H,8-11,14-17H2,1-2H3. The van der Waals surface area contributed by atoms with Gasteiger partial charge in [0.1, 0.15) is 16.4 Å². The maximum atomic E-state index is 13.1. The van der Waals surface area contributed by atoms with Crippen LogP contribution in [0, 0.1) is 5.41 Å². The highest BCUT2D eigenvalue weighted by molar-refractivity contribution is 7.89. The minimum absolute atomic E-state index is 0.0572. The average Bonchev–Trinajstić information content (AvgIpc) is 2.81. The lowest BCUT2D eigenvalue weighted by Crippen LogP contribution is -2.49. The number of ether oxygens (including phenoxy) is 2. The number of piperidine rings is 1. The summed E-state index contributed by atoms with van der Waals surface area (Å²) in [5.41, 5.74) is 1.62. The summed E-state index contributed by atoms with van der Waals surface area (Å²) in [6.45, 7) is 3.27. The van der Waals surface area contributed by atoms with Crippen molar-refractivity contribution in [3.8, 4) is 22.6 Å². The van der Waals surface area contributed by atoms with Crippen LogP contribution in [0.2, 0.25) is 0 Å². The van der Waals surface area contributed by atoms with E-state index in [-0.39, 0.29) is 16.9 Å². The molecule has 0 aromatic heterocycles. The minimum Gasteiger partial charge on any atom is -0.497 e. The number of β-amino-alcohol motifs (C(OH)–C–C–N with tert-alkyl or cyclic N) is 1. The molecule has 1 unspecified atom stereocenters. The van der Waals surface area contributed by atoms with Crippen molar-refractivity contribution >= 4 is 10.0 Å². The molecule has 2 heterocycles. The van der Waals surface area contributed by atoms with Crippen LogP contribution in [0.1, 0.15) is 12.8 Å². The quantitative estimate of drug-likeness (QED) is 0.608. The molecule has 2 aromatic rings. The fraction of sp³-hybridized carbons (Fsp3) is 0.500. The van der Waals surface area contributed by atoms with E-state index in [2.05, 4.69) is 14.9 Å². The van der Waals surface area contributed by atoms with Gasteiger partial charge in [-0.05, 0) is 68.4 Å². The number of hydrogen-bond donors (Lipinski definition) is 3. The first-order valence-electron chi connectivity index (χ1n) is 11.3. The summed E-state index contributed by atoms with van der Waals surface area (Å²) in [4.78, 5) is 2.15. The molecule has 0 radical (unpaired) electrons. The van der Waals surface area contributed by atoms with Crippen LogP contribution < -0.4 is 19.5 Å². The molecule has 0 aliphatic carbocycles. The third-order valence-electron chi connectivity index (χ3n) is 6.47. The van der Waals surface area contributed by atoms with Crippen LogP contribution in [-0.4, -0.2) is 78.0 Å². The molecular weight excluding hydrogens is 442 g/mol. The molecular formula is C24H33N3O5S. The number of likely N-dealkylation sites (N-methyl/N-ethyl adjacent to an activating group) is 1. The summed E-state index contributed by atoms with van der Waals surface area (Å²) < 4.78 is 40.4. The normalized spacial score (nSPS) is 23.5. The Morgan fingerprint density at radius 2 is 1.91 bits per heavy atom. The van der Waals surface area contributed by atoms with Crippen molar-refractivity contribution < 1.29 is 23.0 Å². The van der Waals surface area contributed by atoms with Crippen molar-refractivity contribution in [2.24, 2.45) is 5.41 Å². The van der Waals surface area contributed by atoms with Gasteiger partial charge in [0.25, 0.3) is 0 Å². The molecule has 0 amide bonds. The van der Waals surface area contributed by atoms with Gasteiger partial charge in [-0.15, -0.1) is 0 Å². The Kier molecular flexibility index (Phi) is 7.25. The lowest BCUT2D eigenvalue weighted by atomic mass is 9.79. The van der Waals surface area contributed by atoms with E-state index >= 15 is 0 Å². The molecule has 180 valence electrons. The molecule has 4 rings (SSSR count). The second-order valence-corrected chi connectivity index (χ2v) is 10.9. The van der Waals surface area contributed by atoms with Gasteiger partial charge in [-0.3, -0.25) is 0 Å². The maximum absolute atomic E-state index is 13.1. The van der Waals surface area contributed by atoms with Crippen molar-refractivity contribution in [2.75, 3.05) is 53.5 Å². The molecule has 2 aromatic carbocycles. The molecule has 3 N–H and O–H groups in total. The van der Waals surface area contributed by atoms with Crippen molar-refractivity contribution in [3.05, 3.63) is 42.5 Å². The molecule has 0 bridgehead atoms. The number of nitrogens with zero attached hydrogens (tertiary/aromatic N) is 1. The molecule has 1 fully saturated rings. The van der Waals surface area contributed by atoms with Gasteiger partial charge in [0.05, 0.1) is 19.8 Å². The zero-order valence-electron chi connectivity index (χ0n) is 19.2. The molecule has 1 atom stereocenters. The Hall–Kier alpha value is -2.17. The molecule has 1 saturated heterocycles. The Balaban J connectivity index is 1.75. The van der Waals surface area contributed by atoms with Gasteiger partial charge in [0.15, 0.2) is 0 Å². The summed E-state index contributed by atoms with van der Waals surface area (Å²) in [7, 11) is -0.290. The van der Waals surface area contributed by atoms with Crippen molar-refractivity contribution in [1.29, 1.82) is 0 Å². The molecule has 9 heteroatoms. The number of benzene rings is 2. The smallest absolute Gasteiger partial charge is 0.244 e. The first kappa shape index (κ1) is 24.0. The van der Waals surface area contributed by atoms with Crippen molar-refractivity contribution in [2.45, 2.75) is 23.8 Å². The second-order valence-electron chi connectivity index (χ2n) is 9.13. The number of methoxy groups -OCH3 is 1. The summed E-state index contributed by atoms with van der Waals surface area (Å²) in [6.07, 6.45) is 1.04. The number of aliphatic hydroxyl groups excluding tert-OH is 1.